The zero-order valence-electron chi connectivity index (χ0n) is 15.0. The van der Waals surface area contributed by atoms with Crippen LogP contribution in [0.5, 0.6) is 0 Å². The third kappa shape index (κ3) is 5.90. The van der Waals surface area contributed by atoms with E-state index >= 15 is 0 Å². The maximum Gasteiger partial charge on any atom is 0.410 e. The highest BCUT2D eigenvalue weighted by atomic mass is 16.6. The Kier molecular flexibility index (Phi) is 6.20. The standard InChI is InChI=1S/C19H26N2O4/c1-19(2,3)25-18(24)21-13-11-20(12-14-21)16(17(22)23)10-9-15-7-5-4-6-8-15/h4-10,16H,11-14H2,1-3H3,(H,22,23)/b10-9+/t16-/m0/s1. The van der Waals surface area contributed by atoms with Crippen molar-refractivity contribution in [2.45, 2.75) is 32.4 Å². The molecule has 0 aliphatic carbocycles. The lowest BCUT2D eigenvalue weighted by atomic mass is 10.1. The van der Waals surface area contributed by atoms with E-state index in [1.54, 1.807) is 17.1 Å². The van der Waals surface area contributed by atoms with Crippen LogP contribution < -0.4 is 10.0 Å². The van der Waals surface area contributed by atoms with Crippen LogP contribution in [0.2, 0.25) is 0 Å². The van der Waals surface area contributed by atoms with Crippen molar-refractivity contribution in [1.82, 2.24) is 4.90 Å². The molecular formula is C19H26N2O4. The van der Waals surface area contributed by atoms with Gasteiger partial charge in [0.15, 0.2) is 0 Å². The van der Waals surface area contributed by atoms with Crippen LogP contribution in [-0.2, 0) is 9.53 Å². The number of aliphatic carboxylic acids is 1. The van der Waals surface area contributed by atoms with Crippen molar-refractivity contribution in [3.05, 3.63) is 42.0 Å². The van der Waals surface area contributed by atoms with Crippen LogP contribution in [-0.4, -0.2) is 54.8 Å². The number of carbonyl (C=O) groups is 2. The van der Waals surface area contributed by atoms with Gasteiger partial charge in [-0.05, 0) is 32.4 Å². The molecule has 6 nitrogen and oxygen atoms in total. The smallest absolute Gasteiger partial charge is 0.410 e. The zero-order valence-corrected chi connectivity index (χ0v) is 15.0. The summed E-state index contributed by atoms with van der Waals surface area (Å²) in [5, 5.41) is 11.5. The van der Waals surface area contributed by atoms with Crippen LogP contribution in [0.15, 0.2) is 36.4 Å². The van der Waals surface area contributed by atoms with E-state index < -0.39 is 17.6 Å². The number of rotatable bonds is 4. The van der Waals surface area contributed by atoms with Gasteiger partial charge in [-0.1, -0.05) is 36.4 Å². The van der Waals surface area contributed by atoms with Crippen molar-refractivity contribution in [3.63, 3.8) is 0 Å². The predicted molar refractivity (Wildman–Crippen MR) is 92.8 cm³/mol. The lowest BCUT2D eigenvalue weighted by molar-refractivity contribution is -0.916. The second kappa shape index (κ2) is 8.16. The predicted octanol–water partition coefficient (Wildman–Crippen LogP) is -0.0461. The monoisotopic (exact) mass is 346 g/mol. The molecule has 0 bridgehead atoms. The molecule has 0 spiro atoms. The van der Waals surface area contributed by atoms with Crippen molar-refractivity contribution in [2.75, 3.05) is 26.2 Å². The third-order valence-corrected chi connectivity index (χ3v) is 4.03. The van der Waals surface area contributed by atoms with Crippen molar-refractivity contribution >= 4 is 18.1 Å². The van der Waals surface area contributed by atoms with Crippen LogP contribution >= 0.6 is 0 Å². The van der Waals surface area contributed by atoms with Gasteiger partial charge in [0, 0.05) is 0 Å². The average Bonchev–Trinajstić information content (AvgIpc) is 2.54. The molecule has 1 aliphatic rings. The van der Waals surface area contributed by atoms with Crippen molar-refractivity contribution in [1.29, 1.82) is 0 Å². The summed E-state index contributed by atoms with van der Waals surface area (Å²) in [5.41, 5.74) is 0.410. The molecule has 1 N–H and O–H groups in total. The number of amides is 1. The van der Waals surface area contributed by atoms with E-state index in [2.05, 4.69) is 0 Å². The maximum absolute atomic E-state index is 12.1. The minimum Gasteiger partial charge on any atom is -0.544 e. The van der Waals surface area contributed by atoms with E-state index in [1.807, 2.05) is 51.1 Å². The molecule has 1 saturated heterocycles. The Labute approximate surface area is 148 Å². The van der Waals surface area contributed by atoms with Gasteiger partial charge in [0.2, 0.25) is 0 Å². The number of piperazine rings is 1. The molecule has 25 heavy (non-hydrogen) atoms. The fourth-order valence-corrected chi connectivity index (χ4v) is 2.77. The summed E-state index contributed by atoms with van der Waals surface area (Å²) >= 11 is 0. The second-order valence-corrected chi connectivity index (χ2v) is 7.19. The molecule has 6 heteroatoms. The Morgan fingerprint density at radius 3 is 2.32 bits per heavy atom. The summed E-state index contributed by atoms with van der Waals surface area (Å²) in [6, 6.07) is 8.81. The van der Waals surface area contributed by atoms with Crippen molar-refractivity contribution < 1.29 is 24.3 Å². The minimum absolute atomic E-state index is 0.351. The number of carboxylic acid groups (broad SMARTS) is 1. The number of carboxylic acids is 1. The summed E-state index contributed by atoms with van der Waals surface area (Å²) in [6.07, 6.45) is 3.12. The van der Waals surface area contributed by atoms with Gasteiger partial charge < -0.3 is 19.5 Å². The van der Waals surface area contributed by atoms with Crippen LogP contribution in [0.4, 0.5) is 4.79 Å². The highest BCUT2D eigenvalue weighted by Crippen LogP contribution is 2.10. The highest BCUT2D eigenvalue weighted by molar-refractivity contribution is 5.74. The Balaban J connectivity index is 1.95. The van der Waals surface area contributed by atoms with Crippen LogP contribution in [0.3, 0.4) is 0 Å². The highest BCUT2D eigenvalue weighted by Gasteiger charge is 2.31. The Bertz CT molecular complexity index is 614. The largest absolute Gasteiger partial charge is 0.544 e. The van der Waals surface area contributed by atoms with Crippen molar-refractivity contribution in [3.8, 4) is 0 Å². The molecule has 1 amide bonds. The first-order chi connectivity index (χ1) is 11.8. The summed E-state index contributed by atoms with van der Waals surface area (Å²) in [4.78, 5) is 26.1. The minimum atomic E-state index is -1.10. The van der Waals surface area contributed by atoms with E-state index in [4.69, 9.17) is 4.74 Å². The molecule has 0 aromatic heterocycles. The molecule has 2 rings (SSSR count). The summed E-state index contributed by atoms with van der Waals surface area (Å²) < 4.78 is 5.36. The zero-order chi connectivity index (χ0) is 18.4. The second-order valence-electron chi connectivity index (χ2n) is 7.19. The van der Waals surface area contributed by atoms with Crippen LogP contribution in [0.1, 0.15) is 26.3 Å². The van der Waals surface area contributed by atoms with E-state index in [9.17, 15) is 14.7 Å². The van der Waals surface area contributed by atoms with Gasteiger partial charge in [-0.15, -0.1) is 0 Å². The SMILES string of the molecule is CC(C)(C)OC(=O)N1CC[NH+]([C@@H](/C=C/c2ccccc2)C(=O)[O-])CC1. The fraction of sp³-hybridized carbons (Fsp3) is 0.474. The van der Waals surface area contributed by atoms with Gasteiger partial charge >= 0.3 is 6.09 Å². The third-order valence-electron chi connectivity index (χ3n) is 4.03. The van der Waals surface area contributed by atoms with Gasteiger partial charge in [-0.3, -0.25) is 4.90 Å². The Morgan fingerprint density at radius 2 is 1.80 bits per heavy atom. The number of benzene rings is 1. The topological polar surface area (TPSA) is 74.1 Å². The number of carbonyl (C=O) groups excluding carboxylic acids is 2. The molecule has 0 unspecified atom stereocenters. The normalized spacial score (nSPS) is 17.5. The molecule has 1 aromatic rings. The molecular weight excluding hydrogens is 320 g/mol. The Hall–Kier alpha value is -2.34. The first-order valence-corrected chi connectivity index (χ1v) is 8.53. The lowest BCUT2D eigenvalue weighted by Crippen LogP contribution is -3.19. The number of hydrogen-bond acceptors (Lipinski definition) is 4. The van der Waals surface area contributed by atoms with E-state index in [-0.39, 0.29) is 6.09 Å². The van der Waals surface area contributed by atoms with E-state index in [0.29, 0.717) is 26.2 Å². The maximum atomic E-state index is 12.1. The number of nitrogens with zero attached hydrogens (tertiary/aromatic N) is 1. The van der Waals surface area contributed by atoms with E-state index in [1.165, 1.54) is 0 Å². The van der Waals surface area contributed by atoms with Crippen LogP contribution in [0, 0.1) is 0 Å². The molecule has 1 aromatic carbocycles. The van der Waals surface area contributed by atoms with Crippen molar-refractivity contribution in [2.24, 2.45) is 0 Å². The van der Waals surface area contributed by atoms with Gasteiger partial charge in [-0.25, -0.2) is 4.79 Å². The number of quaternary nitrogens is 1. The molecule has 0 saturated carbocycles. The fourth-order valence-electron chi connectivity index (χ4n) is 2.77. The van der Waals surface area contributed by atoms with Gasteiger partial charge in [-0.2, -0.15) is 0 Å². The van der Waals surface area contributed by atoms with Gasteiger partial charge in [0.05, 0.1) is 26.2 Å². The first-order valence-electron chi connectivity index (χ1n) is 8.53. The summed E-state index contributed by atoms with van der Waals surface area (Å²) in [7, 11) is 0. The summed E-state index contributed by atoms with van der Waals surface area (Å²) in [5.74, 6) is -1.10. The molecule has 136 valence electrons. The molecule has 1 aliphatic heterocycles. The number of ether oxygens (including phenoxy) is 1. The molecule has 1 heterocycles. The number of nitrogens with one attached hydrogen (secondary N) is 1. The molecule has 1 atom stereocenters. The molecule has 1 fully saturated rings. The quantitative estimate of drug-likeness (QED) is 0.830. The Morgan fingerprint density at radius 1 is 1.20 bits per heavy atom. The first kappa shape index (κ1) is 19.0. The average molecular weight is 346 g/mol. The van der Waals surface area contributed by atoms with Gasteiger partial charge in [0.1, 0.15) is 17.6 Å². The van der Waals surface area contributed by atoms with E-state index in [0.717, 1.165) is 10.5 Å². The lowest BCUT2D eigenvalue weighted by Gasteiger charge is -2.36. The summed E-state index contributed by atoms with van der Waals surface area (Å²) in [6.45, 7) is 7.49. The molecule has 0 radical (unpaired) electrons. The van der Waals surface area contributed by atoms with Gasteiger partial charge in [0.25, 0.3) is 0 Å². The number of hydrogen-bond donors (Lipinski definition) is 1. The van der Waals surface area contributed by atoms with Crippen LogP contribution in [0.25, 0.3) is 6.08 Å².